The van der Waals surface area contributed by atoms with E-state index in [4.69, 9.17) is 10.5 Å². The van der Waals surface area contributed by atoms with Crippen molar-refractivity contribution in [3.63, 3.8) is 0 Å². The topological polar surface area (TPSA) is 48.1 Å². The molecule has 0 aromatic carbocycles. The van der Waals surface area contributed by atoms with E-state index in [0.29, 0.717) is 5.25 Å². The number of aromatic nitrogens is 1. The molecular weight excluding hydrogens is 204 g/mol. The molecule has 5 heteroatoms. The van der Waals surface area contributed by atoms with Crippen molar-refractivity contribution in [3.8, 4) is 0 Å². The van der Waals surface area contributed by atoms with Crippen LogP contribution in [0.2, 0.25) is 0 Å². The van der Waals surface area contributed by atoms with Crippen LogP contribution in [-0.4, -0.2) is 29.5 Å². The van der Waals surface area contributed by atoms with Crippen molar-refractivity contribution in [2.24, 2.45) is 5.73 Å². The van der Waals surface area contributed by atoms with Crippen LogP contribution in [0.4, 0.5) is 0 Å². The van der Waals surface area contributed by atoms with Crippen molar-refractivity contribution in [3.05, 3.63) is 11.6 Å². The van der Waals surface area contributed by atoms with Crippen molar-refractivity contribution in [1.82, 2.24) is 4.98 Å². The molecule has 0 amide bonds. The van der Waals surface area contributed by atoms with Crippen LogP contribution in [0.25, 0.3) is 0 Å². The molecule has 1 aromatic rings. The van der Waals surface area contributed by atoms with Crippen LogP contribution in [0.3, 0.4) is 0 Å². The highest BCUT2D eigenvalue weighted by Crippen LogP contribution is 2.29. The summed E-state index contributed by atoms with van der Waals surface area (Å²) >= 11 is 3.40. The fourth-order valence-corrected chi connectivity index (χ4v) is 3.22. The average Bonchev–Trinajstić information content (AvgIpc) is 2.61. The van der Waals surface area contributed by atoms with Gasteiger partial charge in [-0.15, -0.1) is 11.3 Å². The molecule has 3 nitrogen and oxygen atoms in total. The molecule has 2 heterocycles. The van der Waals surface area contributed by atoms with E-state index in [1.54, 1.807) is 23.1 Å². The van der Waals surface area contributed by atoms with Crippen LogP contribution in [0.15, 0.2) is 15.9 Å². The van der Waals surface area contributed by atoms with Gasteiger partial charge in [0.25, 0.3) is 0 Å². The van der Waals surface area contributed by atoms with Gasteiger partial charge in [-0.2, -0.15) is 0 Å². The highest BCUT2D eigenvalue weighted by Gasteiger charge is 2.23. The summed E-state index contributed by atoms with van der Waals surface area (Å²) in [4.78, 5) is 4.22. The Bertz CT molecular complexity index is 253. The van der Waals surface area contributed by atoms with Gasteiger partial charge in [0.05, 0.1) is 11.9 Å². The van der Waals surface area contributed by atoms with Crippen LogP contribution in [0.5, 0.6) is 0 Å². The van der Waals surface area contributed by atoms with Gasteiger partial charge in [-0.1, -0.05) is 11.8 Å². The number of nitrogens with two attached hydrogens (primary N) is 1. The maximum absolute atomic E-state index is 5.97. The number of hydrogen-bond donors (Lipinski definition) is 1. The first-order chi connectivity index (χ1) is 6.36. The molecule has 0 spiro atoms. The zero-order chi connectivity index (χ0) is 9.10. The second-order valence-corrected chi connectivity index (χ2v) is 5.36. The first-order valence-electron chi connectivity index (χ1n) is 4.26. The summed E-state index contributed by atoms with van der Waals surface area (Å²) in [5.41, 5.74) is 5.97. The third-order valence-corrected chi connectivity index (χ3v) is 4.25. The van der Waals surface area contributed by atoms with E-state index >= 15 is 0 Å². The first kappa shape index (κ1) is 9.45. The van der Waals surface area contributed by atoms with Gasteiger partial charge >= 0.3 is 0 Å². The molecule has 1 aliphatic rings. The summed E-state index contributed by atoms with van der Waals surface area (Å²) < 4.78 is 6.47. The summed E-state index contributed by atoms with van der Waals surface area (Å²) in [5, 5.41) is 2.36. The Hall–Kier alpha value is -0.100. The van der Waals surface area contributed by atoms with Gasteiger partial charge in [-0.05, 0) is 6.42 Å². The second-order valence-electron chi connectivity index (χ2n) is 2.98. The van der Waals surface area contributed by atoms with Crippen LogP contribution < -0.4 is 5.73 Å². The van der Waals surface area contributed by atoms with Crippen molar-refractivity contribution >= 4 is 23.1 Å². The minimum atomic E-state index is 0.252. The molecule has 0 aliphatic carbocycles. The van der Waals surface area contributed by atoms with E-state index in [-0.39, 0.29) is 6.04 Å². The lowest BCUT2D eigenvalue weighted by molar-refractivity contribution is 0.0916. The Kier molecular flexibility index (Phi) is 3.21. The number of ether oxygens (including phenoxy) is 1. The smallest absolute Gasteiger partial charge is 0.150 e. The summed E-state index contributed by atoms with van der Waals surface area (Å²) in [7, 11) is 0. The molecule has 1 fully saturated rings. The Morgan fingerprint density at radius 3 is 3.31 bits per heavy atom. The van der Waals surface area contributed by atoms with E-state index in [0.717, 1.165) is 24.0 Å². The number of hydrogen-bond acceptors (Lipinski definition) is 5. The molecule has 0 bridgehead atoms. The molecule has 1 aliphatic heterocycles. The van der Waals surface area contributed by atoms with Crippen LogP contribution >= 0.6 is 23.1 Å². The van der Waals surface area contributed by atoms with E-state index in [9.17, 15) is 0 Å². The predicted octanol–water partition coefficient (Wildman–Crippen LogP) is 1.35. The van der Waals surface area contributed by atoms with E-state index < -0.39 is 0 Å². The number of thiazole rings is 1. The summed E-state index contributed by atoms with van der Waals surface area (Å²) in [6.45, 7) is 1.56. The van der Waals surface area contributed by atoms with Crippen LogP contribution in [0, 0.1) is 0 Å². The van der Waals surface area contributed by atoms with Crippen molar-refractivity contribution in [2.75, 3.05) is 13.2 Å². The molecule has 72 valence electrons. The third kappa shape index (κ3) is 2.43. The summed E-state index contributed by atoms with van der Waals surface area (Å²) in [5.74, 6) is 0. The normalized spacial score (nSPS) is 29.0. The fourth-order valence-electron chi connectivity index (χ4n) is 1.25. The van der Waals surface area contributed by atoms with Gasteiger partial charge in [-0.25, -0.2) is 4.98 Å². The van der Waals surface area contributed by atoms with Gasteiger partial charge in [0.15, 0.2) is 0 Å². The average molecular weight is 216 g/mol. The van der Waals surface area contributed by atoms with Crippen LogP contribution in [-0.2, 0) is 4.74 Å². The maximum Gasteiger partial charge on any atom is 0.150 e. The molecule has 13 heavy (non-hydrogen) atoms. The molecular formula is C8H12N2OS2. The third-order valence-electron chi connectivity index (χ3n) is 2.02. The van der Waals surface area contributed by atoms with E-state index in [1.165, 1.54) is 0 Å². The summed E-state index contributed by atoms with van der Waals surface area (Å²) in [6, 6.07) is 0.252. The largest absolute Gasteiger partial charge is 0.380 e. The minimum Gasteiger partial charge on any atom is -0.380 e. The highest BCUT2D eigenvalue weighted by molar-refractivity contribution is 8.01. The number of rotatable bonds is 2. The Balaban J connectivity index is 1.93. The van der Waals surface area contributed by atoms with E-state index in [2.05, 4.69) is 4.98 Å². The Labute approximate surface area is 85.7 Å². The molecule has 1 aromatic heterocycles. The SMILES string of the molecule is NC1CCOCC1Sc1nccs1. The molecule has 2 atom stereocenters. The molecule has 1 saturated heterocycles. The summed E-state index contributed by atoms with van der Waals surface area (Å²) in [6.07, 6.45) is 2.78. The predicted molar refractivity (Wildman–Crippen MR) is 55.2 cm³/mol. The molecule has 2 rings (SSSR count). The van der Waals surface area contributed by atoms with E-state index in [1.807, 2.05) is 11.6 Å². The zero-order valence-electron chi connectivity index (χ0n) is 7.18. The van der Waals surface area contributed by atoms with Gasteiger partial charge in [-0.3, -0.25) is 0 Å². The van der Waals surface area contributed by atoms with Gasteiger partial charge in [0.1, 0.15) is 4.34 Å². The van der Waals surface area contributed by atoms with Gasteiger partial charge in [0.2, 0.25) is 0 Å². The Morgan fingerprint density at radius 2 is 2.62 bits per heavy atom. The van der Waals surface area contributed by atoms with Crippen LogP contribution in [0.1, 0.15) is 6.42 Å². The highest BCUT2D eigenvalue weighted by atomic mass is 32.2. The van der Waals surface area contributed by atoms with Gasteiger partial charge in [0, 0.05) is 24.2 Å². The quantitative estimate of drug-likeness (QED) is 0.810. The van der Waals surface area contributed by atoms with Crippen molar-refractivity contribution < 1.29 is 4.74 Å². The van der Waals surface area contributed by atoms with Crippen molar-refractivity contribution in [2.45, 2.75) is 22.1 Å². The number of thioether (sulfide) groups is 1. The number of nitrogens with zero attached hydrogens (tertiary/aromatic N) is 1. The minimum absolute atomic E-state index is 0.252. The first-order valence-corrected chi connectivity index (χ1v) is 6.01. The van der Waals surface area contributed by atoms with Gasteiger partial charge < -0.3 is 10.5 Å². The maximum atomic E-state index is 5.97. The standard InChI is InChI=1S/C8H12N2OS2/c9-6-1-3-11-5-7(6)13-8-10-2-4-12-8/h2,4,6-7H,1,3,5,9H2. The molecule has 2 unspecified atom stereocenters. The Morgan fingerprint density at radius 1 is 1.69 bits per heavy atom. The molecule has 0 radical (unpaired) electrons. The van der Waals surface area contributed by atoms with Crippen molar-refractivity contribution in [1.29, 1.82) is 0 Å². The zero-order valence-corrected chi connectivity index (χ0v) is 8.81. The lowest BCUT2D eigenvalue weighted by Gasteiger charge is -2.27. The fraction of sp³-hybridized carbons (Fsp3) is 0.625. The monoisotopic (exact) mass is 216 g/mol. The lowest BCUT2D eigenvalue weighted by atomic mass is 10.1. The molecule has 2 N–H and O–H groups in total. The lowest BCUT2D eigenvalue weighted by Crippen LogP contribution is -2.40. The molecule has 0 saturated carbocycles. The second kappa shape index (κ2) is 4.41.